The van der Waals surface area contributed by atoms with Crippen LogP contribution in [0.5, 0.6) is 5.75 Å². The fraction of sp³-hybridized carbons (Fsp3) is 0.286. The molecule has 3 aromatic rings. The van der Waals surface area contributed by atoms with Gasteiger partial charge in [-0.1, -0.05) is 41.6 Å². The molecule has 6 heteroatoms. The maximum Gasteiger partial charge on any atom is 0.258 e. The molecule has 6 nitrogen and oxygen atoms in total. The van der Waals surface area contributed by atoms with Crippen LogP contribution in [-0.4, -0.2) is 34.6 Å². The minimum Gasteiger partial charge on any atom is -0.496 e. The van der Waals surface area contributed by atoms with Gasteiger partial charge in [0.2, 0.25) is 11.7 Å². The van der Waals surface area contributed by atoms with E-state index >= 15 is 0 Å². The Morgan fingerprint density at radius 1 is 1.19 bits per heavy atom. The van der Waals surface area contributed by atoms with Crippen molar-refractivity contribution in [3.8, 4) is 17.1 Å². The molecule has 2 aromatic carbocycles. The summed E-state index contributed by atoms with van der Waals surface area (Å²) in [7, 11) is 1.57. The van der Waals surface area contributed by atoms with Crippen molar-refractivity contribution < 1.29 is 14.1 Å². The molecular weight excluding hydrogens is 342 g/mol. The Kier molecular flexibility index (Phi) is 4.62. The van der Waals surface area contributed by atoms with Gasteiger partial charge in [-0.15, -0.1) is 0 Å². The highest BCUT2D eigenvalue weighted by molar-refractivity contribution is 5.97. The van der Waals surface area contributed by atoms with Gasteiger partial charge in [-0.2, -0.15) is 4.98 Å². The van der Waals surface area contributed by atoms with Crippen LogP contribution in [0.1, 0.15) is 40.7 Å². The van der Waals surface area contributed by atoms with Crippen molar-refractivity contribution in [1.29, 1.82) is 0 Å². The first-order valence-electron chi connectivity index (χ1n) is 9.02. The van der Waals surface area contributed by atoms with Crippen molar-refractivity contribution in [2.45, 2.75) is 25.8 Å². The van der Waals surface area contributed by atoms with Crippen molar-refractivity contribution in [3.05, 3.63) is 65.5 Å². The molecule has 27 heavy (non-hydrogen) atoms. The van der Waals surface area contributed by atoms with E-state index in [9.17, 15) is 4.79 Å². The van der Waals surface area contributed by atoms with Crippen molar-refractivity contribution in [3.63, 3.8) is 0 Å². The summed E-state index contributed by atoms with van der Waals surface area (Å²) >= 11 is 0. The average molecular weight is 363 g/mol. The third-order valence-corrected chi connectivity index (χ3v) is 4.96. The number of para-hydroxylation sites is 1. The summed E-state index contributed by atoms with van der Waals surface area (Å²) < 4.78 is 10.9. The van der Waals surface area contributed by atoms with E-state index in [4.69, 9.17) is 9.26 Å². The molecule has 0 aliphatic carbocycles. The van der Waals surface area contributed by atoms with Crippen LogP contribution in [0, 0.1) is 6.92 Å². The Bertz CT molecular complexity index is 967. The molecule has 1 aliphatic heterocycles. The molecule has 1 aromatic heterocycles. The van der Waals surface area contributed by atoms with Crippen LogP contribution < -0.4 is 4.74 Å². The predicted octanol–water partition coefficient (Wildman–Crippen LogP) is 4.03. The van der Waals surface area contributed by atoms with Crippen molar-refractivity contribution in [2.75, 3.05) is 13.7 Å². The van der Waals surface area contributed by atoms with E-state index < -0.39 is 0 Å². The van der Waals surface area contributed by atoms with Gasteiger partial charge in [0.05, 0.1) is 12.7 Å². The standard InChI is InChI=1S/C21H21N3O3/c1-14-8-3-4-9-15(14)19-22-20(27-23-19)17-11-7-13-24(17)21(25)16-10-5-6-12-18(16)26-2/h3-6,8-10,12,17H,7,11,13H2,1-2H3/t17-/m1/s1. The Balaban J connectivity index is 1.63. The summed E-state index contributed by atoms with van der Waals surface area (Å²) in [6.45, 7) is 2.67. The van der Waals surface area contributed by atoms with Crippen LogP contribution in [0.4, 0.5) is 0 Å². The third-order valence-electron chi connectivity index (χ3n) is 4.96. The highest BCUT2D eigenvalue weighted by atomic mass is 16.5. The van der Waals surface area contributed by atoms with Crippen LogP contribution in [0.25, 0.3) is 11.4 Å². The number of ether oxygens (including phenoxy) is 1. The van der Waals surface area contributed by atoms with Crippen molar-refractivity contribution in [1.82, 2.24) is 15.0 Å². The van der Waals surface area contributed by atoms with Crippen LogP contribution >= 0.6 is 0 Å². The second-order valence-electron chi connectivity index (χ2n) is 6.63. The molecule has 0 saturated carbocycles. The number of benzene rings is 2. The number of aryl methyl sites for hydroxylation is 1. The van der Waals surface area contributed by atoms with Crippen LogP contribution in [0.2, 0.25) is 0 Å². The van der Waals surface area contributed by atoms with E-state index in [0.717, 1.165) is 24.0 Å². The van der Waals surface area contributed by atoms with E-state index in [1.165, 1.54) is 0 Å². The number of nitrogens with zero attached hydrogens (tertiary/aromatic N) is 3. The number of hydrogen-bond donors (Lipinski definition) is 0. The lowest BCUT2D eigenvalue weighted by molar-refractivity contribution is 0.0706. The van der Waals surface area contributed by atoms with Gasteiger partial charge in [-0.05, 0) is 37.5 Å². The molecule has 138 valence electrons. The van der Waals surface area contributed by atoms with E-state index in [2.05, 4.69) is 10.1 Å². The summed E-state index contributed by atoms with van der Waals surface area (Å²) in [5.41, 5.74) is 2.57. The smallest absolute Gasteiger partial charge is 0.258 e. The van der Waals surface area contributed by atoms with Crippen LogP contribution in [-0.2, 0) is 0 Å². The summed E-state index contributed by atoms with van der Waals surface area (Å²) in [5, 5.41) is 4.14. The van der Waals surface area contributed by atoms with Gasteiger partial charge in [0.15, 0.2) is 0 Å². The van der Waals surface area contributed by atoms with Crippen LogP contribution in [0.3, 0.4) is 0 Å². The monoisotopic (exact) mass is 363 g/mol. The minimum atomic E-state index is -0.215. The first-order chi connectivity index (χ1) is 13.2. The molecule has 0 spiro atoms. The second kappa shape index (κ2) is 7.23. The largest absolute Gasteiger partial charge is 0.496 e. The highest BCUT2D eigenvalue weighted by Crippen LogP contribution is 2.34. The molecule has 0 N–H and O–H groups in total. The maximum absolute atomic E-state index is 13.1. The zero-order chi connectivity index (χ0) is 18.8. The molecule has 1 amide bonds. The predicted molar refractivity (Wildman–Crippen MR) is 100 cm³/mol. The first-order valence-corrected chi connectivity index (χ1v) is 9.02. The van der Waals surface area contributed by atoms with Gasteiger partial charge in [0.25, 0.3) is 5.91 Å². The molecule has 2 heterocycles. The Morgan fingerprint density at radius 2 is 1.96 bits per heavy atom. The molecule has 1 aliphatic rings. The summed E-state index contributed by atoms with van der Waals surface area (Å²) in [6.07, 6.45) is 1.70. The average Bonchev–Trinajstić information content (AvgIpc) is 3.37. The normalized spacial score (nSPS) is 16.5. The molecular formula is C21H21N3O3. The number of aromatic nitrogens is 2. The Labute approximate surface area is 157 Å². The van der Waals surface area contributed by atoms with Crippen molar-refractivity contribution in [2.24, 2.45) is 0 Å². The molecule has 1 fully saturated rings. The van der Waals surface area contributed by atoms with Gasteiger partial charge in [0.1, 0.15) is 11.8 Å². The van der Waals surface area contributed by atoms with Crippen molar-refractivity contribution >= 4 is 5.91 Å². The fourth-order valence-electron chi connectivity index (χ4n) is 3.55. The molecule has 1 atom stereocenters. The van der Waals surface area contributed by atoms with Gasteiger partial charge in [-0.25, -0.2) is 0 Å². The first kappa shape index (κ1) is 17.3. The quantitative estimate of drug-likeness (QED) is 0.700. The molecule has 4 rings (SSSR count). The summed E-state index contributed by atoms with van der Waals surface area (Å²) in [5.74, 6) is 1.53. The fourth-order valence-corrected chi connectivity index (χ4v) is 3.55. The Morgan fingerprint density at radius 3 is 2.78 bits per heavy atom. The summed E-state index contributed by atoms with van der Waals surface area (Å²) in [4.78, 5) is 19.5. The van der Waals surface area contributed by atoms with Gasteiger partial charge in [-0.3, -0.25) is 4.79 Å². The zero-order valence-electron chi connectivity index (χ0n) is 15.4. The maximum atomic E-state index is 13.1. The molecule has 0 unspecified atom stereocenters. The van der Waals surface area contributed by atoms with E-state index in [-0.39, 0.29) is 11.9 Å². The Hall–Kier alpha value is -3.15. The number of amides is 1. The third kappa shape index (κ3) is 3.18. The number of rotatable bonds is 4. The highest BCUT2D eigenvalue weighted by Gasteiger charge is 2.35. The summed E-state index contributed by atoms with van der Waals surface area (Å²) in [6, 6.07) is 15.0. The number of likely N-dealkylation sites (tertiary alicyclic amines) is 1. The molecule has 0 radical (unpaired) electrons. The SMILES string of the molecule is COc1ccccc1C(=O)N1CCC[C@@H]1c1nc(-c2ccccc2C)no1. The number of carbonyl (C=O) groups is 1. The number of carbonyl (C=O) groups excluding carboxylic acids is 1. The van der Waals surface area contributed by atoms with Crippen LogP contribution in [0.15, 0.2) is 53.1 Å². The second-order valence-corrected chi connectivity index (χ2v) is 6.63. The minimum absolute atomic E-state index is 0.0782. The zero-order valence-corrected chi connectivity index (χ0v) is 15.4. The lowest BCUT2D eigenvalue weighted by Crippen LogP contribution is -2.31. The van der Waals surface area contributed by atoms with E-state index in [0.29, 0.717) is 29.6 Å². The van der Waals surface area contributed by atoms with Gasteiger partial charge in [0, 0.05) is 12.1 Å². The number of methoxy groups -OCH3 is 1. The number of hydrogen-bond acceptors (Lipinski definition) is 5. The molecule has 1 saturated heterocycles. The molecule has 0 bridgehead atoms. The van der Waals surface area contributed by atoms with E-state index in [1.54, 1.807) is 24.1 Å². The van der Waals surface area contributed by atoms with Gasteiger partial charge >= 0.3 is 0 Å². The van der Waals surface area contributed by atoms with Gasteiger partial charge < -0.3 is 14.2 Å². The topological polar surface area (TPSA) is 68.5 Å². The lowest BCUT2D eigenvalue weighted by Gasteiger charge is -2.22. The lowest BCUT2D eigenvalue weighted by atomic mass is 10.1. The van der Waals surface area contributed by atoms with E-state index in [1.807, 2.05) is 43.3 Å².